The number of pyridine rings is 1. The van der Waals surface area contributed by atoms with Gasteiger partial charge >= 0.3 is 0 Å². The lowest BCUT2D eigenvalue weighted by Gasteiger charge is -2.32. The maximum absolute atomic E-state index is 12.5. The predicted octanol–water partition coefficient (Wildman–Crippen LogP) is 2.66. The van der Waals surface area contributed by atoms with Gasteiger partial charge in [-0.1, -0.05) is 41.9 Å². The van der Waals surface area contributed by atoms with Crippen molar-refractivity contribution in [3.63, 3.8) is 0 Å². The third-order valence-corrected chi connectivity index (χ3v) is 5.22. The van der Waals surface area contributed by atoms with Gasteiger partial charge in [0.15, 0.2) is 0 Å². The van der Waals surface area contributed by atoms with Crippen LogP contribution in [-0.2, 0) is 20.8 Å². The Hall–Kier alpha value is -2.93. The van der Waals surface area contributed by atoms with Crippen molar-refractivity contribution in [3.8, 4) is 0 Å². The van der Waals surface area contributed by atoms with E-state index in [0.717, 1.165) is 18.4 Å². The molecule has 8 heteroatoms. The fraction of sp³-hybridized carbons (Fsp3) is 0.364. The van der Waals surface area contributed by atoms with E-state index in [-0.39, 0.29) is 36.6 Å². The summed E-state index contributed by atoms with van der Waals surface area (Å²) in [4.78, 5) is 42.8. The van der Waals surface area contributed by atoms with Gasteiger partial charge < -0.3 is 15.5 Å². The molecule has 3 amide bonds. The van der Waals surface area contributed by atoms with Gasteiger partial charge in [0, 0.05) is 32.3 Å². The summed E-state index contributed by atoms with van der Waals surface area (Å²) in [5.41, 5.74) is 0.932. The third-order valence-electron chi connectivity index (χ3n) is 4.99. The summed E-state index contributed by atoms with van der Waals surface area (Å²) in [7, 11) is 0. The number of carbonyl (C=O) groups is 3. The highest BCUT2D eigenvalue weighted by Gasteiger charge is 2.28. The minimum absolute atomic E-state index is 0.0582. The minimum atomic E-state index is -0.284. The van der Waals surface area contributed by atoms with Crippen LogP contribution in [0.3, 0.4) is 0 Å². The van der Waals surface area contributed by atoms with Gasteiger partial charge in [0.2, 0.25) is 17.7 Å². The molecule has 2 N–H and O–H groups in total. The molecule has 2 aromatic rings. The predicted molar refractivity (Wildman–Crippen MR) is 115 cm³/mol. The molecule has 30 heavy (non-hydrogen) atoms. The molecule has 1 aliphatic heterocycles. The molecule has 1 aromatic carbocycles. The number of hydrogen-bond acceptors (Lipinski definition) is 4. The number of aromatic nitrogens is 1. The number of nitrogens with zero attached hydrogens (tertiary/aromatic N) is 2. The quantitative estimate of drug-likeness (QED) is 0.709. The molecular weight excluding hydrogens is 404 g/mol. The lowest BCUT2D eigenvalue weighted by molar-refractivity contribution is -0.134. The first-order valence-electron chi connectivity index (χ1n) is 10.0. The van der Waals surface area contributed by atoms with E-state index in [0.29, 0.717) is 30.4 Å². The van der Waals surface area contributed by atoms with Crippen LogP contribution in [0.15, 0.2) is 48.7 Å². The topological polar surface area (TPSA) is 91.4 Å². The second-order valence-corrected chi connectivity index (χ2v) is 7.73. The highest BCUT2D eigenvalue weighted by Crippen LogP contribution is 2.19. The Bertz CT molecular complexity index is 874. The number of anilines is 1. The summed E-state index contributed by atoms with van der Waals surface area (Å²) in [6.07, 6.45) is 3.46. The van der Waals surface area contributed by atoms with Crippen molar-refractivity contribution >= 4 is 35.1 Å². The Balaban J connectivity index is 1.41. The lowest BCUT2D eigenvalue weighted by atomic mass is 9.97. The molecule has 1 aromatic heterocycles. The summed E-state index contributed by atoms with van der Waals surface area (Å²) in [5, 5.41) is 6.06. The molecule has 0 saturated carbocycles. The van der Waals surface area contributed by atoms with Crippen molar-refractivity contribution in [1.29, 1.82) is 0 Å². The number of carbonyl (C=O) groups excluding carboxylic acids is 3. The number of hydrogen-bond donors (Lipinski definition) is 2. The van der Waals surface area contributed by atoms with Crippen LogP contribution < -0.4 is 10.6 Å². The SMILES string of the molecule is O=C(Cc1ccccc1)NCCC(=O)N1CCCC(C(=O)Nc2ccc(Cl)cn2)C1. The molecule has 1 atom stereocenters. The standard InChI is InChI=1S/C22H25ClN4O3/c23-18-8-9-19(25-14-18)26-22(30)17-7-4-12-27(15-17)21(29)10-11-24-20(28)13-16-5-2-1-3-6-16/h1-3,5-6,8-9,14,17H,4,7,10-13,15H2,(H,24,28)(H,25,26,30). The Labute approximate surface area is 180 Å². The summed E-state index contributed by atoms with van der Waals surface area (Å²) >= 11 is 5.81. The Morgan fingerprint density at radius 2 is 1.93 bits per heavy atom. The fourth-order valence-electron chi connectivity index (χ4n) is 3.41. The first-order chi connectivity index (χ1) is 14.5. The van der Waals surface area contributed by atoms with Crippen LogP contribution in [0.4, 0.5) is 5.82 Å². The molecule has 3 rings (SSSR count). The van der Waals surface area contributed by atoms with Crippen molar-refractivity contribution in [2.24, 2.45) is 5.92 Å². The minimum Gasteiger partial charge on any atom is -0.355 e. The van der Waals surface area contributed by atoms with E-state index in [2.05, 4.69) is 15.6 Å². The van der Waals surface area contributed by atoms with Crippen molar-refractivity contribution in [2.75, 3.05) is 25.0 Å². The third kappa shape index (κ3) is 6.56. The van der Waals surface area contributed by atoms with Crippen molar-refractivity contribution < 1.29 is 14.4 Å². The molecule has 0 spiro atoms. The van der Waals surface area contributed by atoms with Gasteiger partial charge in [-0.25, -0.2) is 4.98 Å². The van der Waals surface area contributed by atoms with E-state index in [1.165, 1.54) is 6.20 Å². The summed E-state index contributed by atoms with van der Waals surface area (Å²) < 4.78 is 0. The van der Waals surface area contributed by atoms with Gasteiger partial charge in [-0.15, -0.1) is 0 Å². The number of benzene rings is 1. The van der Waals surface area contributed by atoms with E-state index in [1.807, 2.05) is 30.3 Å². The number of rotatable bonds is 7. The van der Waals surface area contributed by atoms with Crippen LogP contribution in [0.2, 0.25) is 5.02 Å². The van der Waals surface area contributed by atoms with Crippen LogP contribution in [-0.4, -0.2) is 47.2 Å². The molecule has 0 bridgehead atoms. The van der Waals surface area contributed by atoms with E-state index in [4.69, 9.17) is 11.6 Å². The highest BCUT2D eigenvalue weighted by molar-refractivity contribution is 6.30. The van der Waals surface area contributed by atoms with Gasteiger partial charge in [-0.2, -0.15) is 0 Å². The van der Waals surface area contributed by atoms with E-state index >= 15 is 0 Å². The van der Waals surface area contributed by atoms with E-state index in [1.54, 1.807) is 17.0 Å². The van der Waals surface area contributed by atoms with Crippen LogP contribution in [0.25, 0.3) is 0 Å². The average Bonchev–Trinajstić information content (AvgIpc) is 2.76. The zero-order chi connectivity index (χ0) is 21.3. The summed E-state index contributed by atoms with van der Waals surface area (Å²) in [6, 6.07) is 12.8. The zero-order valence-corrected chi connectivity index (χ0v) is 17.4. The van der Waals surface area contributed by atoms with Crippen molar-refractivity contribution in [3.05, 3.63) is 59.2 Å². The number of halogens is 1. The zero-order valence-electron chi connectivity index (χ0n) is 16.6. The molecule has 0 radical (unpaired) electrons. The molecule has 1 fully saturated rings. The van der Waals surface area contributed by atoms with E-state index < -0.39 is 0 Å². The first kappa shape index (κ1) is 21.8. The normalized spacial score (nSPS) is 16.0. The summed E-state index contributed by atoms with van der Waals surface area (Å²) in [5.74, 6) is -0.169. The van der Waals surface area contributed by atoms with E-state index in [9.17, 15) is 14.4 Å². The van der Waals surface area contributed by atoms with Gasteiger partial charge in [0.1, 0.15) is 5.82 Å². The maximum Gasteiger partial charge on any atom is 0.230 e. The number of likely N-dealkylation sites (tertiary alicyclic amines) is 1. The smallest absolute Gasteiger partial charge is 0.230 e. The molecule has 158 valence electrons. The Kier molecular flexibility index (Phi) is 7.79. The molecular formula is C22H25ClN4O3. The Morgan fingerprint density at radius 3 is 2.67 bits per heavy atom. The molecule has 1 unspecified atom stereocenters. The van der Waals surface area contributed by atoms with Crippen LogP contribution in [0.5, 0.6) is 0 Å². The van der Waals surface area contributed by atoms with Crippen LogP contribution in [0, 0.1) is 5.92 Å². The highest BCUT2D eigenvalue weighted by atomic mass is 35.5. The number of piperidine rings is 1. The number of amides is 3. The monoisotopic (exact) mass is 428 g/mol. The van der Waals surface area contributed by atoms with Crippen LogP contribution in [0.1, 0.15) is 24.8 Å². The largest absolute Gasteiger partial charge is 0.355 e. The van der Waals surface area contributed by atoms with Gasteiger partial charge in [0.05, 0.1) is 17.4 Å². The van der Waals surface area contributed by atoms with Crippen molar-refractivity contribution in [2.45, 2.75) is 25.7 Å². The van der Waals surface area contributed by atoms with Crippen LogP contribution >= 0.6 is 11.6 Å². The average molecular weight is 429 g/mol. The van der Waals surface area contributed by atoms with Crippen molar-refractivity contribution in [1.82, 2.24) is 15.2 Å². The number of nitrogens with one attached hydrogen (secondary N) is 2. The molecule has 2 heterocycles. The van der Waals surface area contributed by atoms with Gasteiger partial charge in [-0.05, 0) is 30.5 Å². The molecule has 0 aliphatic carbocycles. The van der Waals surface area contributed by atoms with Gasteiger partial charge in [0.25, 0.3) is 0 Å². The second-order valence-electron chi connectivity index (χ2n) is 7.29. The fourth-order valence-corrected chi connectivity index (χ4v) is 3.52. The molecule has 1 aliphatic rings. The second kappa shape index (κ2) is 10.7. The van der Waals surface area contributed by atoms with Gasteiger partial charge in [-0.3, -0.25) is 14.4 Å². The maximum atomic E-state index is 12.5. The molecule has 1 saturated heterocycles. The molecule has 7 nitrogen and oxygen atoms in total. The first-order valence-corrected chi connectivity index (χ1v) is 10.4. The lowest BCUT2D eigenvalue weighted by Crippen LogP contribution is -2.44. The summed E-state index contributed by atoms with van der Waals surface area (Å²) in [6.45, 7) is 1.28. The Morgan fingerprint density at radius 1 is 1.13 bits per heavy atom.